The molecular formula is C10H15N3O3. The van der Waals surface area contributed by atoms with Crippen LogP contribution in [0, 0.1) is 0 Å². The molecule has 0 bridgehead atoms. The zero-order valence-electron chi connectivity index (χ0n) is 9.21. The zero-order valence-corrected chi connectivity index (χ0v) is 9.21. The van der Waals surface area contributed by atoms with E-state index in [4.69, 9.17) is 4.74 Å². The lowest BCUT2D eigenvalue weighted by molar-refractivity contribution is 0.122. The van der Waals surface area contributed by atoms with E-state index in [0.717, 1.165) is 0 Å². The number of H-pyrrole nitrogens is 2. The molecule has 1 fully saturated rings. The van der Waals surface area contributed by atoms with Gasteiger partial charge in [0.2, 0.25) is 0 Å². The predicted molar refractivity (Wildman–Crippen MR) is 60.1 cm³/mol. The molecule has 6 nitrogen and oxygen atoms in total. The van der Waals surface area contributed by atoms with Crippen molar-refractivity contribution >= 4 is 5.69 Å². The zero-order chi connectivity index (χ0) is 11.5. The summed E-state index contributed by atoms with van der Waals surface area (Å²) >= 11 is 0. The Balaban J connectivity index is 2.45. The average molecular weight is 225 g/mol. The second kappa shape index (κ2) is 4.52. The summed E-state index contributed by atoms with van der Waals surface area (Å²) < 4.78 is 5.23. The highest BCUT2D eigenvalue weighted by Crippen LogP contribution is 2.13. The fourth-order valence-corrected chi connectivity index (χ4v) is 1.90. The summed E-state index contributed by atoms with van der Waals surface area (Å²) in [6.07, 6.45) is 0.631. The van der Waals surface area contributed by atoms with Gasteiger partial charge in [-0.3, -0.25) is 9.78 Å². The number of aromatic nitrogens is 2. The lowest BCUT2D eigenvalue weighted by Gasteiger charge is -2.29. The summed E-state index contributed by atoms with van der Waals surface area (Å²) in [7, 11) is 0. The van der Waals surface area contributed by atoms with Crippen LogP contribution in [0.3, 0.4) is 0 Å². The SMILES string of the molecule is CCc1[nH]c(=O)[nH]c(=O)c1N1CCOCC1. The van der Waals surface area contributed by atoms with Crippen LogP contribution in [0.25, 0.3) is 0 Å². The highest BCUT2D eigenvalue weighted by molar-refractivity contribution is 5.48. The van der Waals surface area contributed by atoms with Crippen molar-refractivity contribution in [3.05, 3.63) is 26.5 Å². The van der Waals surface area contributed by atoms with E-state index in [-0.39, 0.29) is 5.56 Å². The van der Waals surface area contributed by atoms with Gasteiger partial charge in [-0.05, 0) is 6.42 Å². The maximum Gasteiger partial charge on any atom is 0.326 e. The van der Waals surface area contributed by atoms with Crippen molar-refractivity contribution < 1.29 is 4.74 Å². The molecule has 0 spiro atoms. The van der Waals surface area contributed by atoms with Gasteiger partial charge in [-0.1, -0.05) is 6.92 Å². The van der Waals surface area contributed by atoms with Gasteiger partial charge in [0.1, 0.15) is 5.69 Å². The topological polar surface area (TPSA) is 78.2 Å². The molecule has 2 heterocycles. The van der Waals surface area contributed by atoms with E-state index in [1.807, 2.05) is 11.8 Å². The Morgan fingerprint density at radius 2 is 1.94 bits per heavy atom. The summed E-state index contributed by atoms with van der Waals surface area (Å²) in [4.78, 5) is 29.8. The number of nitrogens with one attached hydrogen (secondary N) is 2. The van der Waals surface area contributed by atoms with E-state index < -0.39 is 5.69 Å². The second-order valence-electron chi connectivity index (χ2n) is 3.69. The summed E-state index contributed by atoms with van der Waals surface area (Å²) in [5.74, 6) is 0. The van der Waals surface area contributed by atoms with Crippen molar-refractivity contribution in [2.75, 3.05) is 31.2 Å². The first kappa shape index (κ1) is 10.9. The summed E-state index contributed by atoms with van der Waals surface area (Å²) in [5.41, 5.74) is 0.502. The Morgan fingerprint density at radius 1 is 1.25 bits per heavy atom. The van der Waals surface area contributed by atoms with Crippen LogP contribution in [0.2, 0.25) is 0 Å². The average Bonchev–Trinajstić information content (AvgIpc) is 2.29. The third kappa shape index (κ3) is 2.01. The van der Waals surface area contributed by atoms with Gasteiger partial charge in [0.15, 0.2) is 0 Å². The molecule has 1 aliphatic heterocycles. The number of aromatic amines is 2. The highest BCUT2D eigenvalue weighted by Gasteiger charge is 2.18. The number of anilines is 1. The lowest BCUT2D eigenvalue weighted by atomic mass is 10.2. The number of hydrogen-bond acceptors (Lipinski definition) is 4. The van der Waals surface area contributed by atoms with Crippen molar-refractivity contribution in [2.24, 2.45) is 0 Å². The fraction of sp³-hybridized carbons (Fsp3) is 0.600. The summed E-state index contributed by atoms with van der Waals surface area (Å²) in [5, 5.41) is 0. The molecule has 0 aliphatic carbocycles. The van der Waals surface area contributed by atoms with Gasteiger partial charge in [-0.2, -0.15) is 0 Å². The third-order valence-corrected chi connectivity index (χ3v) is 2.67. The Morgan fingerprint density at radius 3 is 2.56 bits per heavy atom. The Kier molecular flexibility index (Phi) is 3.09. The van der Waals surface area contributed by atoms with Crippen LogP contribution in [0.5, 0.6) is 0 Å². The third-order valence-electron chi connectivity index (χ3n) is 2.67. The molecule has 1 aromatic rings. The molecule has 0 aromatic carbocycles. The number of morpholine rings is 1. The van der Waals surface area contributed by atoms with Crippen molar-refractivity contribution in [1.82, 2.24) is 9.97 Å². The van der Waals surface area contributed by atoms with Crippen molar-refractivity contribution in [3.63, 3.8) is 0 Å². The first-order valence-electron chi connectivity index (χ1n) is 5.40. The fourth-order valence-electron chi connectivity index (χ4n) is 1.90. The van der Waals surface area contributed by atoms with Crippen molar-refractivity contribution in [3.8, 4) is 0 Å². The van der Waals surface area contributed by atoms with Crippen LogP contribution >= 0.6 is 0 Å². The molecule has 2 rings (SSSR count). The molecular weight excluding hydrogens is 210 g/mol. The van der Waals surface area contributed by atoms with Gasteiger partial charge in [0.25, 0.3) is 5.56 Å². The number of nitrogens with zero attached hydrogens (tertiary/aromatic N) is 1. The maximum absolute atomic E-state index is 11.8. The predicted octanol–water partition coefficient (Wildman–Crippen LogP) is -0.538. The molecule has 2 N–H and O–H groups in total. The summed E-state index contributed by atoms with van der Waals surface area (Å²) in [6, 6.07) is 0. The number of ether oxygens (including phenoxy) is 1. The van der Waals surface area contributed by atoms with Crippen LogP contribution in [-0.2, 0) is 11.2 Å². The van der Waals surface area contributed by atoms with Gasteiger partial charge in [-0.25, -0.2) is 4.79 Å². The minimum Gasteiger partial charge on any atom is -0.378 e. The van der Waals surface area contributed by atoms with E-state index in [9.17, 15) is 9.59 Å². The maximum atomic E-state index is 11.8. The molecule has 6 heteroatoms. The quantitative estimate of drug-likeness (QED) is 0.708. The molecule has 1 aromatic heterocycles. The van der Waals surface area contributed by atoms with E-state index >= 15 is 0 Å². The molecule has 1 aliphatic rings. The van der Waals surface area contributed by atoms with Crippen LogP contribution in [-0.4, -0.2) is 36.3 Å². The molecule has 0 radical (unpaired) electrons. The minimum absolute atomic E-state index is 0.317. The number of hydrogen-bond donors (Lipinski definition) is 2. The molecule has 16 heavy (non-hydrogen) atoms. The smallest absolute Gasteiger partial charge is 0.326 e. The van der Waals surface area contributed by atoms with E-state index in [2.05, 4.69) is 9.97 Å². The van der Waals surface area contributed by atoms with Crippen LogP contribution in [0.1, 0.15) is 12.6 Å². The highest BCUT2D eigenvalue weighted by atomic mass is 16.5. The van der Waals surface area contributed by atoms with Crippen LogP contribution in [0.15, 0.2) is 9.59 Å². The Bertz CT molecular complexity index is 471. The largest absolute Gasteiger partial charge is 0.378 e. The number of rotatable bonds is 2. The van der Waals surface area contributed by atoms with Gasteiger partial charge in [0, 0.05) is 18.8 Å². The van der Waals surface area contributed by atoms with Gasteiger partial charge in [-0.15, -0.1) is 0 Å². The Hall–Kier alpha value is -1.56. The van der Waals surface area contributed by atoms with Gasteiger partial charge in [0.05, 0.1) is 13.2 Å². The van der Waals surface area contributed by atoms with Crippen LogP contribution < -0.4 is 16.1 Å². The van der Waals surface area contributed by atoms with Gasteiger partial charge < -0.3 is 14.6 Å². The molecule has 0 atom stereocenters. The van der Waals surface area contributed by atoms with Crippen molar-refractivity contribution in [1.29, 1.82) is 0 Å². The van der Waals surface area contributed by atoms with E-state index in [1.165, 1.54) is 0 Å². The first-order chi connectivity index (χ1) is 7.72. The lowest BCUT2D eigenvalue weighted by Crippen LogP contribution is -2.41. The van der Waals surface area contributed by atoms with E-state index in [0.29, 0.717) is 44.1 Å². The van der Waals surface area contributed by atoms with E-state index in [1.54, 1.807) is 0 Å². The summed E-state index contributed by atoms with van der Waals surface area (Å²) in [6.45, 7) is 4.50. The number of aryl methyl sites for hydroxylation is 1. The normalized spacial score (nSPS) is 16.4. The standard InChI is InChI=1S/C10H15N3O3/c1-2-7-8(9(14)12-10(15)11-7)13-3-5-16-6-4-13/h2-6H2,1H3,(H2,11,12,14,15). The monoisotopic (exact) mass is 225 g/mol. The van der Waals surface area contributed by atoms with Crippen LogP contribution in [0.4, 0.5) is 5.69 Å². The second-order valence-corrected chi connectivity index (χ2v) is 3.69. The molecule has 0 saturated carbocycles. The van der Waals surface area contributed by atoms with Crippen molar-refractivity contribution in [2.45, 2.75) is 13.3 Å². The molecule has 0 amide bonds. The molecule has 0 unspecified atom stereocenters. The first-order valence-corrected chi connectivity index (χ1v) is 5.40. The Labute approximate surface area is 92.3 Å². The molecule has 1 saturated heterocycles. The van der Waals surface area contributed by atoms with Gasteiger partial charge >= 0.3 is 5.69 Å². The minimum atomic E-state index is -0.446. The molecule has 88 valence electrons.